The molecule has 0 bridgehead atoms. The standard InChI is InChI=1S/C14H19NO3/c1-9-3-2-4-10(7-9)18-11-5-6-13(15)12(8-11)14(16)17/h5-6,8-10H,2-4,7,15H2,1H3,(H,16,17). The second-order valence-corrected chi connectivity index (χ2v) is 5.07. The summed E-state index contributed by atoms with van der Waals surface area (Å²) in [5.41, 5.74) is 5.99. The van der Waals surface area contributed by atoms with Crippen LogP contribution >= 0.6 is 0 Å². The number of benzene rings is 1. The molecule has 1 aliphatic carbocycles. The second kappa shape index (κ2) is 5.29. The Labute approximate surface area is 107 Å². The first-order chi connectivity index (χ1) is 8.56. The van der Waals surface area contributed by atoms with Gasteiger partial charge in [0.1, 0.15) is 5.75 Å². The number of ether oxygens (including phenoxy) is 1. The molecule has 3 N–H and O–H groups in total. The average Bonchev–Trinajstić information content (AvgIpc) is 2.31. The summed E-state index contributed by atoms with van der Waals surface area (Å²) in [6, 6.07) is 4.84. The van der Waals surface area contributed by atoms with Gasteiger partial charge >= 0.3 is 5.97 Å². The summed E-state index contributed by atoms with van der Waals surface area (Å²) in [5, 5.41) is 9.00. The molecule has 1 fully saturated rings. The van der Waals surface area contributed by atoms with E-state index in [2.05, 4.69) is 6.92 Å². The van der Waals surface area contributed by atoms with Crippen LogP contribution in [0.2, 0.25) is 0 Å². The summed E-state index contributed by atoms with van der Waals surface area (Å²) >= 11 is 0. The number of rotatable bonds is 3. The molecule has 2 atom stereocenters. The summed E-state index contributed by atoms with van der Waals surface area (Å²) in [7, 11) is 0. The molecule has 0 aliphatic heterocycles. The molecule has 0 aromatic heterocycles. The summed E-state index contributed by atoms with van der Waals surface area (Å²) in [6.45, 7) is 2.22. The fourth-order valence-electron chi connectivity index (χ4n) is 2.47. The van der Waals surface area contributed by atoms with Gasteiger partial charge in [-0.15, -0.1) is 0 Å². The van der Waals surface area contributed by atoms with Crippen LogP contribution < -0.4 is 10.5 Å². The van der Waals surface area contributed by atoms with E-state index in [4.69, 9.17) is 15.6 Å². The highest BCUT2D eigenvalue weighted by atomic mass is 16.5. The van der Waals surface area contributed by atoms with Gasteiger partial charge in [-0.05, 0) is 43.4 Å². The van der Waals surface area contributed by atoms with Crippen molar-refractivity contribution in [2.24, 2.45) is 5.92 Å². The van der Waals surface area contributed by atoms with Crippen molar-refractivity contribution >= 4 is 11.7 Å². The van der Waals surface area contributed by atoms with Crippen LogP contribution in [0.15, 0.2) is 18.2 Å². The molecule has 2 rings (SSSR count). The van der Waals surface area contributed by atoms with Crippen molar-refractivity contribution in [2.45, 2.75) is 38.7 Å². The van der Waals surface area contributed by atoms with E-state index < -0.39 is 5.97 Å². The molecule has 4 heteroatoms. The average molecular weight is 249 g/mol. The van der Waals surface area contributed by atoms with Crippen LogP contribution in [0.25, 0.3) is 0 Å². The monoisotopic (exact) mass is 249 g/mol. The van der Waals surface area contributed by atoms with Crippen molar-refractivity contribution in [3.8, 4) is 5.75 Å². The Morgan fingerprint density at radius 1 is 1.44 bits per heavy atom. The quantitative estimate of drug-likeness (QED) is 0.808. The third-order valence-electron chi connectivity index (χ3n) is 3.45. The van der Waals surface area contributed by atoms with E-state index in [1.54, 1.807) is 12.1 Å². The Kier molecular flexibility index (Phi) is 3.75. The van der Waals surface area contributed by atoms with E-state index in [9.17, 15) is 4.79 Å². The Hall–Kier alpha value is -1.71. The number of hydrogen-bond acceptors (Lipinski definition) is 3. The number of hydrogen-bond donors (Lipinski definition) is 2. The van der Waals surface area contributed by atoms with E-state index in [0.717, 1.165) is 12.8 Å². The van der Waals surface area contributed by atoms with E-state index in [0.29, 0.717) is 11.7 Å². The number of aromatic carboxylic acids is 1. The zero-order valence-electron chi connectivity index (χ0n) is 10.6. The smallest absolute Gasteiger partial charge is 0.337 e. The first kappa shape index (κ1) is 12.7. The fraction of sp³-hybridized carbons (Fsp3) is 0.500. The normalized spacial score (nSPS) is 23.6. The Morgan fingerprint density at radius 3 is 2.89 bits per heavy atom. The lowest BCUT2D eigenvalue weighted by molar-refractivity contribution is 0.0696. The predicted octanol–water partition coefficient (Wildman–Crippen LogP) is 2.92. The highest BCUT2D eigenvalue weighted by molar-refractivity contribution is 5.94. The van der Waals surface area contributed by atoms with Gasteiger partial charge in [0.05, 0.1) is 11.7 Å². The molecule has 1 aromatic carbocycles. The molecule has 1 aliphatic rings. The summed E-state index contributed by atoms with van der Waals surface area (Å²) in [6.07, 6.45) is 4.69. The highest BCUT2D eigenvalue weighted by Crippen LogP contribution is 2.28. The number of anilines is 1. The first-order valence-electron chi connectivity index (χ1n) is 6.35. The predicted molar refractivity (Wildman–Crippen MR) is 69.9 cm³/mol. The van der Waals surface area contributed by atoms with Gasteiger partial charge in [0.25, 0.3) is 0 Å². The van der Waals surface area contributed by atoms with E-state index >= 15 is 0 Å². The fourth-order valence-corrected chi connectivity index (χ4v) is 2.47. The van der Waals surface area contributed by atoms with Crippen LogP contribution in [-0.4, -0.2) is 17.2 Å². The number of carboxylic acids is 1. The molecule has 0 spiro atoms. The van der Waals surface area contributed by atoms with Gasteiger partial charge in [-0.1, -0.05) is 13.3 Å². The molecule has 1 aromatic rings. The van der Waals surface area contributed by atoms with Gasteiger partial charge in [-0.2, -0.15) is 0 Å². The van der Waals surface area contributed by atoms with E-state index in [1.807, 2.05) is 0 Å². The van der Waals surface area contributed by atoms with Crippen molar-refractivity contribution in [3.63, 3.8) is 0 Å². The van der Waals surface area contributed by atoms with Crippen LogP contribution in [0.3, 0.4) is 0 Å². The van der Waals surface area contributed by atoms with Crippen molar-refractivity contribution in [1.82, 2.24) is 0 Å². The molecule has 1 saturated carbocycles. The molecule has 0 heterocycles. The van der Waals surface area contributed by atoms with E-state index in [-0.39, 0.29) is 17.4 Å². The Balaban J connectivity index is 2.09. The molecular formula is C14H19NO3. The largest absolute Gasteiger partial charge is 0.490 e. The molecular weight excluding hydrogens is 230 g/mol. The molecule has 18 heavy (non-hydrogen) atoms. The second-order valence-electron chi connectivity index (χ2n) is 5.07. The summed E-state index contributed by atoms with van der Waals surface area (Å²) < 4.78 is 5.85. The van der Waals surface area contributed by atoms with Crippen molar-refractivity contribution in [2.75, 3.05) is 5.73 Å². The molecule has 98 valence electrons. The minimum Gasteiger partial charge on any atom is -0.490 e. The van der Waals surface area contributed by atoms with Gasteiger partial charge in [0.2, 0.25) is 0 Å². The number of carbonyl (C=O) groups is 1. The van der Waals surface area contributed by atoms with Crippen molar-refractivity contribution in [3.05, 3.63) is 23.8 Å². The minimum atomic E-state index is -1.02. The van der Waals surface area contributed by atoms with Crippen molar-refractivity contribution < 1.29 is 14.6 Å². The zero-order valence-corrected chi connectivity index (χ0v) is 10.6. The Morgan fingerprint density at radius 2 is 2.22 bits per heavy atom. The van der Waals surface area contributed by atoms with Gasteiger partial charge < -0.3 is 15.6 Å². The van der Waals surface area contributed by atoms with E-state index in [1.165, 1.54) is 18.9 Å². The maximum Gasteiger partial charge on any atom is 0.337 e. The molecule has 4 nitrogen and oxygen atoms in total. The number of nitrogen functional groups attached to an aromatic ring is 1. The summed E-state index contributed by atoms with van der Waals surface area (Å²) in [5.74, 6) is 0.257. The Bertz CT molecular complexity index is 445. The molecule has 2 unspecified atom stereocenters. The first-order valence-corrected chi connectivity index (χ1v) is 6.35. The van der Waals surface area contributed by atoms with Crippen LogP contribution in [0.5, 0.6) is 5.75 Å². The highest BCUT2D eigenvalue weighted by Gasteiger charge is 2.20. The third kappa shape index (κ3) is 2.94. The lowest BCUT2D eigenvalue weighted by atomic mass is 9.89. The van der Waals surface area contributed by atoms with Crippen LogP contribution in [0.1, 0.15) is 43.0 Å². The maximum absolute atomic E-state index is 11.0. The SMILES string of the molecule is CC1CCCC(Oc2ccc(N)c(C(=O)O)c2)C1. The molecule has 0 saturated heterocycles. The van der Waals surface area contributed by atoms with Gasteiger partial charge in [0, 0.05) is 5.69 Å². The van der Waals surface area contributed by atoms with Crippen molar-refractivity contribution in [1.29, 1.82) is 0 Å². The number of nitrogens with two attached hydrogens (primary N) is 1. The lowest BCUT2D eigenvalue weighted by Gasteiger charge is -2.27. The minimum absolute atomic E-state index is 0.108. The third-order valence-corrected chi connectivity index (χ3v) is 3.45. The maximum atomic E-state index is 11.0. The topological polar surface area (TPSA) is 72.5 Å². The zero-order chi connectivity index (χ0) is 13.1. The summed E-state index contributed by atoms with van der Waals surface area (Å²) in [4.78, 5) is 11.0. The molecule has 0 amide bonds. The van der Waals surface area contributed by atoms with Crippen LogP contribution in [0, 0.1) is 5.92 Å². The van der Waals surface area contributed by atoms with Crippen LogP contribution in [0.4, 0.5) is 5.69 Å². The van der Waals surface area contributed by atoms with Gasteiger partial charge in [-0.25, -0.2) is 4.79 Å². The van der Waals surface area contributed by atoms with Crippen LogP contribution in [-0.2, 0) is 0 Å². The number of carboxylic acid groups (broad SMARTS) is 1. The lowest BCUT2D eigenvalue weighted by Crippen LogP contribution is -2.24. The van der Waals surface area contributed by atoms with Gasteiger partial charge in [-0.3, -0.25) is 0 Å². The van der Waals surface area contributed by atoms with Gasteiger partial charge in [0.15, 0.2) is 0 Å². The molecule has 0 radical (unpaired) electrons.